The summed E-state index contributed by atoms with van der Waals surface area (Å²) in [5, 5.41) is 13.3. The van der Waals surface area contributed by atoms with Crippen LogP contribution >= 0.6 is 0 Å². The van der Waals surface area contributed by atoms with Gasteiger partial charge in [0.25, 0.3) is 0 Å². The molecule has 1 aliphatic carbocycles. The van der Waals surface area contributed by atoms with Crippen LogP contribution in [0.5, 0.6) is 5.75 Å². The SMILES string of the molecule is Cc1nc2cccc(OCC3(C(=O)NC4CCCC4)CCN(C(=O)C(C)C)CC3)c2c(N)c1C(=O)O. The Labute approximate surface area is 211 Å². The van der Waals surface area contributed by atoms with E-state index in [-0.39, 0.29) is 41.6 Å². The Bertz CT molecular complexity index is 1160. The average molecular weight is 497 g/mol. The molecule has 0 bridgehead atoms. The topological polar surface area (TPSA) is 135 Å². The van der Waals surface area contributed by atoms with Gasteiger partial charge in [-0.2, -0.15) is 0 Å². The number of rotatable bonds is 7. The van der Waals surface area contributed by atoms with Gasteiger partial charge in [0.1, 0.15) is 17.9 Å². The Morgan fingerprint density at radius 3 is 2.50 bits per heavy atom. The van der Waals surface area contributed by atoms with Gasteiger partial charge in [0.2, 0.25) is 11.8 Å². The quantitative estimate of drug-likeness (QED) is 0.534. The minimum Gasteiger partial charge on any atom is -0.492 e. The lowest BCUT2D eigenvalue weighted by Crippen LogP contribution is -2.54. The largest absolute Gasteiger partial charge is 0.492 e. The smallest absolute Gasteiger partial charge is 0.339 e. The first-order chi connectivity index (χ1) is 17.1. The van der Waals surface area contributed by atoms with Crippen LogP contribution in [0.4, 0.5) is 5.69 Å². The number of aromatic nitrogens is 1. The van der Waals surface area contributed by atoms with Crippen molar-refractivity contribution in [1.82, 2.24) is 15.2 Å². The summed E-state index contributed by atoms with van der Waals surface area (Å²) < 4.78 is 6.27. The molecular formula is C27H36N4O5. The molecule has 1 aliphatic heterocycles. The Morgan fingerprint density at radius 2 is 1.89 bits per heavy atom. The number of nitrogens with two attached hydrogens (primary N) is 1. The van der Waals surface area contributed by atoms with Crippen molar-refractivity contribution in [2.24, 2.45) is 11.3 Å². The molecule has 1 saturated carbocycles. The predicted molar refractivity (Wildman–Crippen MR) is 137 cm³/mol. The van der Waals surface area contributed by atoms with Gasteiger partial charge in [0.05, 0.1) is 27.7 Å². The zero-order chi connectivity index (χ0) is 26.0. The van der Waals surface area contributed by atoms with Gasteiger partial charge in [-0.1, -0.05) is 32.8 Å². The van der Waals surface area contributed by atoms with Crippen LogP contribution < -0.4 is 15.8 Å². The number of likely N-dealkylation sites (tertiary alicyclic amines) is 1. The van der Waals surface area contributed by atoms with Crippen LogP contribution in [0.3, 0.4) is 0 Å². The molecule has 2 aliphatic rings. The highest BCUT2D eigenvalue weighted by Gasteiger charge is 2.44. The Balaban J connectivity index is 1.62. The van der Waals surface area contributed by atoms with Crippen molar-refractivity contribution in [2.45, 2.75) is 65.3 Å². The van der Waals surface area contributed by atoms with Gasteiger partial charge in [-0.25, -0.2) is 4.79 Å². The van der Waals surface area contributed by atoms with E-state index in [1.807, 2.05) is 18.7 Å². The maximum atomic E-state index is 13.6. The van der Waals surface area contributed by atoms with Gasteiger partial charge >= 0.3 is 5.97 Å². The number of carbonyl (C=O) groups excluding carboxylic acids is 2. The van der Waals surface area contributed by atoms with Gasteiger partial charge in [0, 0.05) is 25.0 Å². The number of hydrogen-bond acceptors (Lipinski definition) is 6. The molecule has 9 heteroatoms. The monoisotopic (exact) mass is 496 g/mol. The molecule has 194 valence electrons. The summed E-state index contributed by atoms with van der Waals surface area (Å²) in [6, 6.07) is 5.43. The normalized spacial score (nSPS) is 17.9. The van der Waals surface area contributed by atoms with Crippen molar-refractivity contribution in [3.8, 4) is 5.75 Å². The fraction of sp³-hybridized carbons (Fsp3) is 0.556. The Kier molecular flexibility index (Phi) is 7.38. The van der Waals surface area contributed by atoms with Crippen LogP contribution in [0.15, 0.2) is 18.2 Å². The van der Waals surface area contributed by atoms with Crippen LogP contribution in [-0.4, -0.2) is 58.5 Å². The number of anilines is 1. The molecule has 36 heavy (non-hydrogen) atoms. The number of aromatic carboxylic acids is 1. The number of benzene rings is 1. The molecule has 0 unspecified atom stereocenters. The zero-order valence-electron chi connectivity index (χ0n) is 21.3. The summed E-state index contributed by atoms with van der Waals surface area (Å²) in [4.78, 5) is 44.2. The van der Waals surface area contributed by atoms with E-state index in [2.05, 4.69) is 10.3 Å². The number of carboxylic acids is 1. The van der Waals surface area contributed by atoms with E-state index in [9.17, 15) is 19.5 Å². The number of aryl methyl sites for hydroxylation is 1. The number of piperidine rings is 1. The number of hydrogen-bond donors (Lipinski definition) is 3. The molecule has 0 radical (unpaired) electrons. The van der Waals surface area contributed by atoms with Crippen molar-refractivity contribution in [3.63, 3.8) is 0 Å². The van der Waals surface area contributed by atoms with Crippen LogP contribution in [0, 0.1) is 18.3 Å². The summed E-state index contributed by atoms with van der Waals surface area (Å²) in [6.45, 7) is 6.45. The lowest BCUT2D eigenvalue weighted by molar-refractivity contribution is -0.144. The van der Waals surface area contributed by atoms with Gasteiger partial charge in [-0.15, -0.1) is 0 Å². The first-order valence-corrected chi connectivity index (χ1v) is 12.8. The molecule has 4 N–H and O–H groups in total. The second-order valence-corrected chi connectivity index (χ2v) is 10.4. The van der Waals surface area contributed by atoms with Crippen LogP contribution in [0.1, 0.15) is 68.4 Å². The number of pyridine rings is 1. The second-order valence-electron chi connectivity index (χ2n) is 10.4. The van der Waals surface area contributed by atoms with Gasteiger partial charge in [0.15, 0.2) is 0 Å². The molecule has 2 heterocycles. The highest BCUT2D eigenvalue weighted by Crippen LogP contribution is 2.38. The molecule has 1 saturated heterocycles. The van der Waals surface area contributed by atoms with Crippen LogP contribution in [-0.2, 0) is 9.59 Å². The number of nitrogens with one attached hydrogen (secondary N) is 1. The third kappa shape index (κ3) is 4.96. The van der Waals surface area contributed by atoms with E-state index in [0.717, 1.165) is 25.7 Å². The average Bonchev–Trinajstić information content (AvgIpc) is 3.35. The second kappa shape index (κ2) is 10.3. The number of nitrogen functional groups attached to an aromatic ring is 1. The van der Waals surface area contributed by atoms with E-state index >= 15 is 0 Å². The Hall–Kier alpha value is -3.36. The maximum absolute atomic E-state index is 13.6. The summed E-state index contributed by atoms with van der Waals surface area (Å²) in [7, 11) is 0. The molecule has 2 aromatic rings. The molecular weight excluding hydrogens is 460 g/mol. The highest BCUT2D eigenvalue weighted by molar-refractivity contribution is 6.06. The van der Waals surface area contributed by atoms with Crippen molar-refractivity contribution < 1.29 is 24.2 Å². The standard InChI is InChI=1S/C27H36N4O5/c1-16(2)24(32)31-13-11-27(12-14-31,26(35)30-18-7-4-5-8-18)15-36-20-10-6-9-19-22(20)23(28)21(25(33)34)17(3)29-19/h6,9-10,16,18H,4-5,7-8,11-15H2,1-3H3,(H2,28,29)(H,30,35)(H,33,34). The van der Waals surface area contributed by atoms with Crippen molar-refractivity contribution in [2.75, 3.05) is 25.4 Å². The van der Waals surface area contributed by atoms with Crippen molar-refractivity contribution in [1.29, 1.82) is 0 Å². The number of carboxylic acid groups (broad SMARTS) is 1. The number of fused-ring (bicyclic) bond motifs is 1. The highest BCUT2D eigenvalue weighted by atomic mass is 16.5. The molecule has 1 aromatic carbocycles. The summed E-state index contributed by atoms with van der Waals surface area (Å²) in [5.41, 5.74) is 6.40. The van der Waals surface area contributed by atoms with Gasteiger partial charge in [-0.05, 0) is 44.7 Å². The molecule has 0 spiro atoms. The lowest BCUT2D eigenvalue weighted by Gasteiger charge is -2.41. The first kappa shape index (κ1) is 25.7. The molecule has 2 amide bonds. The summed E-state index contributed by atoms with van der Waals surface area (Å²) >= 11 is 0. The maximum Gasteiger partial charge on any atom is 0.339 e. The van der Waals surface area contributed by atoms with Gasteiger partial charge in [-0.3, -0.25) is 14.6 Å². The number of amides is 2. The fourth-order valence-corrected chi connectivity index (χ4v) is 5.41. The number of nitrogens with zero attached hydrogens (tertiary/aromatic N) is 2. The molecule has 1 aromatic heterocycles. The lowest BCUT2D eigenvalue weighted by atomic mass is 9.77. The number of carbonyl (C=O) groups is 3. The predicted octanol–water partition coefficient (Wildman–Crippen LogP) is 3.53. The van der Waals surface area contributed by atoms with E-state index in [1.165, 1.54) is 0 Å². The third-order valence-corrected chi connectivity index (χ3v) is 7.61. The molecule has 2 fully saturated rings. The molecule has 9 nitrogen and oxygen atoms in total. The minimum absolute atomic E-state index is 0.0422. The van der Waals surface area contributed by atoms with E-state index in [4.69, 9.17) is 10.5 Å². The first-order valence-electron chi connectivity index (χ1n) is 12.8. The summed E-state index contributed by atoms with van der Waals surface area (Å²) in [5.74, 6) is -0.804. The van der Waals surface area contributed by atoms with E-state index < -0.39 is 11.4 Å². The minimum atomic E-state index is -1.15. The zero-order valence-corrected chi connectivity index (χ0v) is 21.3. The van der Waals surface area contributed by atoms with E-state index in [1.54, 1.807) is 25.1 Å². The third-order valence-electron chi connectivity index (χ3n) is 7.61. The molecule has 0 atom stereocenters. The van der Waals surface area contributed by atoms with Crippen molar-refractivity contribution >= 4 is 34.4 Å². The van der Waals surface area contributed by atoms with E-state index in [0.29, 0.717) is 48.3 Å². The van der Waals surface area contributed by atoms with Gasteiger partial charge < -0.3 is 25.8 Å². The summed E-state index contributed by atoms with van der Waals surface area (Å²) in [6.07, 6.45) is 5.15. The number of ether oxygens (including phenoxy) is 1. The fourth-order valence-electron chi connectivity index (χ4n) is 5.41. The van der Waals surface area contributed by atoms with Crippen molar-refractivity contribution in [3.05, 3.63) is 29.5 Å². The molecule has 4 rings (SSSR count). The van der Waals surface area contributed by atoms with Crippen LogP contribution in [0.2, 0.25) is 0 Å². The Morgan fingerprint density at radius 1 is 1.22 bits per heavy atom. The van der Waals surface area contributed by atoms with Crippen LogP contribution in [0.25, 0.3) is 10.9 Å².